The molecule has 0 bridgehead atoms. The van der Waals surface area contributed by atoms with Gasteiger partial charge in [0.2, 0.25) is 5.75 Å². The molecule has 10 heteroatoms. The molecule has 0 saturated heterocycles. The van der Waals surface area contributed by atoms with Crippen molar-refractivity contribution in [1.82, 2.24) is 0 Å². The highest BCUT2D eigenvalue weighted by atomic mass is 79.9. The van der Waals surface area contributed by atoms with E-state index in [9.17, 15) is 10.1 Å². The Morgan fingerprint density at radius 3 is 1.96 bits per heavy atom. The highest BCUT2D eigenvalue weighted by Crippen LogP contribution is 2.37. The highest BCUT2D eigenvalue weighted by molar-refractivity contribution is 9.10. The lowest BCUT2D eigenvalue weighted by atomic mass is 10.3. The summed E-state index contributed by atoms with van der Waals surface area (Å²) in [5.74, 6) is 0.432. The molecule has 24 heavy (non-hydrogen) atoms. The number of halogens is 1. The van der Waals surface area contributed by atoms with E-state index < -0.39 is 4.92 Å². The van der Waals surface area contributed by atoms with Gasteiger partial charge in [-0.1, -0.05) is 0 Å². The van der Waals surface area contributed by atoms with E-state index in [1.807, 2.05) is 0 Å². The van der Waals surface area contributed by atoms with E-state index in [1.165, 1.54) is 12.1 Å². The Labute approximate surface area is 147 Å². The number of nitro groups is 1. The highest BCUT2D eigenvalue weighted by Gasteiger charge is 2.19. The van der Waals surface area contributed by atoms with Crippen molar-refractivity contribution in [1.29, 1.82) is 0 Å². The molecule has 136 valence electrons. The van der Waals surface area contributed by atoms with Gasteiger partial charge in [0, 0.05) is 12.1 Å². The first-order valence-corrected chi connectivity index (χ1v) is 8.00. The normalized spacial score (nSPS) is 10.6. The third-order valence-electron chi connectivity index (χ3n) is 2.65. The van der Waals surface area contributed by atoms with Gasteiger partial charge in [0.15, 0.2) is 0 Å². The number of nitro benzene ring substituents is 1. The summed E-state index contributed by atoms with van der Waals surface area (Å²) < 4.78 is 21.4. The van der Waals surface area contributed by atoms with E-state index in [1.54, 1.807) is 0 Å². The van der Waals surface area contributed by atoms with Crippen LogP contribution in [0.15, 0.2) is 16.6 Å². The molecule has 0 fully saturated rings. The Balaban J connectivity index is 2.67. The number of ether oxygens (including phenoxy) is 4. The fraction of sp³-hybridized carbons (Fsp3) is 0.571. The second-order valence-electron chi connectivity index (χ2n) is 4.38. The molecule has 0 amide bonds. The van der Waals surface area contributed by atoms with Gasteiger partial charge in [-0.05, 0) is 15.9 Å². The van der Waals surface area contributed by atoms with Gasteiger partial charge in [0.25, 0.3) is 0 Å². The van der Waals surface area contributed by atoms with Gasteiger partial charge in [0.05, 0.1) is 49.0 Å². The molecule has 2 N–H and O–H groups in total. The molecule has 0 aliphatic carbocycles. The van der Waals surface area contributed by atoms with Gasteiger partial charge < -0.3 is 29.2 Å². The van der Waals surface area contributed by atoms with Crippen LogP contribution in [0.5, 0.6) is 11.5 Å². The smallest absolute Gasteiger partial charge is 0.312 e. The summed E-state index contributed by atoms with van der Waals surface area (Å²) in [4.78, 5) is 10.6. The number of hydrogen-bond donors (Lipinski definition) is 2. The maximum atomic E-state index is 11.1. The van der Waals surface area contributed by atoms with Crippen LogP contribution in [0.4, 0.5) is 5.69 Å². The molecule has 0 aromatic heterocycles. The standard InChI is InChI=1S/C14H20BrNO8/c15-11-9-12(16(19)20)14(24-8-6-22-4-2-18)10-13(11)23-7-5-21-3-1-17/h9-10,17-18H,1-8H2. The van der Waals surface area contributed by atoms with E-state index in [-0.39, 0.29) is 64.3 Å². The zero-order valence-corrected chi connectivity index (χ0v) is 14.6. The van der Waals surface area contributed by atoms with Crippen molar-refractivity contribution < 1.29 is 34.1 Å². The molecule has 0 saturated carbocycles. The van der Waals surface area contributed by atoms with E-state index in [0.717, 1.165) is 0 Å². The summed E-state index contributed by atoms with van der Waals surface area (Å²) in [6, 6.07) is 2.72. The van der Waals surface area contributed by atoms with Crippen LogP contribution < -0.4 is 9.47 Å². The van der Waals surface area contributed by atoms with Crippen LogP contribution in [0.1, 0.15) is 0 Å². The maximum Gasteiger partial charge on any atom is 0.312 e. The fourth-order valence-electron chi connectivity index (χ4n) is 1.65. The Morgan fingerprint density at radius 1 is 0.917 bits per heavy atom. The molecular weight excluding hydrogens is 390 g/mol. The first-order chi connectivity index (χ1) is 11.6. The first kappa shape index (κ1) is 20.6. The predicted octanol–water partition coefficient (Wildman–Crippen LogP) is 1.13. The Morgan fingerprint density at radius 2 is 1.46 bits per heavy atom. The number of aliphatic hydroxyl groups is 2. The molecule has 1 rings (SSSR count). The van der Waals surface area contributed by atoms with Gasteiger partial charge in [-0.3, -0.25) is 10.1 Å². The molecule has 0 spiro atoms. The molecule has 0 aliphatic heterocycles. The quantitative estimate of drug-likeness (QED) is 0.282. The van der Waals surface area contributed by atoms with Gasteiger partial charge in [-0.15, -0.1) is 0 Å². The van der Waals surface area contributed by atoms with Crippen molar-refractivity contribution in [2.45, 2.75) is 0 Å². The van der Waals surface area contributed by atoms with Crippen molar-refractivity contribution in [3.05, 3.63) is 26.7 Å². The van der Waals surface area contributed by atoms with Crippen molar-refractivity contribution in [2.75, 3.05) is 52.9 Å². The maximum absolute atomic E-state index is 11.1. The van der Waals surface area contributed by atoms with Crippen LogP contribution in [-0.4, -0.2) is 68.0 Å². The zero-order chi connectivity index (χ0) is 17.8. The summed E-state index contributed by atoms with van der Waals surface area (Å²) in [5.41, 5.74) is -0.201. The van der Waals surface area contributed by atoms with Gasteiger partial charge in [0.1, 0.15) is 19.0 Å². The predicted molar refractivity (Wildman–Crippen MR) is 87.6 cm³/mol. The minimum absolute atomic E-state index is 0.0575. The van der Waals surface area contributed by atoms with Crippen LogP contribution in [0.25, 0.3) is 0 Å². The molecule has 0 heterocycles. The molecule has 0 unspecified atom stereocenters. The summed E-state index contributed by atoms with van der Waals surface area (Å²) >= 11 is 3.22. The number of hydrogen-bond acceptors (Lipinski definition) is 8. The second kappa shape index (κ2) is 12.0. The Bertz CT molecular complexity index is 514. The van der Waals surface area contributed by atoms with E-state index in [4.69, 9.17) is 29.2 Å². The average molecular weight is 410 g/mol. The Kier molecular flexibility index (Phi) is 10.3. The minimum atomic E-state index is -0.553. The second-order valence-corrected chi connectivity index (χ2v) is 5.23. The Hall–Kier alpha value is -1.46. The van der Waals surface area contributed by atoms with E-state index in [0.29, 0.717) is 10.2 Å². The lowest BCUT2D eigenvalue weighted by Crippen LogP contribution is -2.11. The summed E-state index contributed by atoms with van der Waals surface area (Å²) in [6.07, 6.45) is 0. The molecule has 1 aromatic rings. The number of aliphatic hydroxyl groups excluding tert-OH is 2. The van der Waals surface area contributed by atoms with Crippen LogP contribution in [-0.2, 0) is 9.47 Å². The minimum Gasteiger partial charge on any atom is -0.490 e. The topological polar surface area (TPSA) is 121 Å². The fourth-order valence-corrected chi connectivity index (χ4v) is 2.09. The molecule has 0 radical (unpaired) electrons. The lowest BCUT2D eigenvalue weighted by Gasteiger charge is -2.12. The van der Waals surface area contributed by atoms with Crippen LogP contribution in [0, 0.1) is 10.1 Å². The van der Waals surface area contributed by atoms with Crippen molar-refractivity contribution in [3.63, 3.8) is 0 Å². The van der Waals surface area contributed by atoms with Crippen LogP contribution in [0.2, 0.25) is 0 Å². The zero-order valence-electron chi connectivity index (χ0n) is 13.0. The monoisotopic (exact) mass is 409 g/mol. The van der Waals surface area contributed by atoms with Gasteiger partial charge in [-0.2, -0.15) is 0 Å². The SMILES string of the molecule is O=[N+]([O-])c1cc(Br)c(OCCOCCO)cc1OCCOCCO. The molecule has 9 nitrogen and oxygen atoms in total. The lowest BCUT2D eigenvalue weighted by molar-refractivity contribution is -0.386. The third kappa shape index (κ3) is 7.41. The molecule has 0 aliphatic rings. The van der Waals surface area contributed by atoms with E-state index >= 15 is 0 Å². The summed E-state index contributed by atoms with van der Waals surface area (Å²) in [6.45, 7) is 0.998. The van der Waals surface area contributed by atoms with Crippen molar-refractivity contribution in [3.8, 4) is 11.5 Å². The first-order valence-electron chi connectivity index (χ1n) is 7.21. The number of benzene rings is 1. The molecule has 1 aromatic carbocycles. The van der Waals surface area contributed by atoms with E-state index in [2.05, 4.69) is 15.9 Å². The number of rotatable bonds is 13. The third-order valence-corrected chi connectivity index (χ3v) is 3.27. The summed E-state index contributed by atoms with van der Waals surface area (Å²) in [7, 11) is 0. The van der Waals surface area contributed by atoms with Crippen LogP contribution >= 0.6 is 15.9 Å². The van der Waals surface area contributed by atoms with Crippen molar-refractivity contribution in [2.24, 2.45) is 0 Å². The average Bonchev–Trinajstić information content (AvgIpc) is 2.56. The van der Waals surface area contributed by atoms with Crippen molar-refractivity contribution >= 4 is 21.6 Å². The number of nitrogens with zero attached hydrogens (tertiary/aromatic N) is 1. The largest absolute Gasteiger partial charge is 0.490 e. The molecular formula is C14H20BrNO8. The van der Waals surface area contributed by atoms with Gasteiger partial charge >= 0.3 is 5.69 Å². The van der Waals surface area contributed by atoms with Gasteiger partial charge in [-0.25, -0.2) is 0 Å². The summed E-state index contributed by atoms with van der Waals surface area (Å²) in [5, 5.41) is 28.3. The van der Waals surface area contributed by atoms with Crippen LogP contribution in [0.3, 0.4) is 0 Å². The molecule has 0 atom stereocenters.